The zero-order chi connectivity index (χ0) is 21.3. The summed E-state index contributed by atoms with van der Waals surface area (Å²) >= 11 is 1.17. The number of benzene rings is 1. The Balaban J connectivity index is 1.38. The van der Waals surface area contributed by atoms with Crippen molar-refractivity contribution in [3.8, 4) is 11.4 Å². The van der Waals surface area contributed by atoms with Crippen molar-refractivity contribution in [1.82, 2.24) is 19.9 Å². The van der Waals surface area contributed by atoms with Gasteiger partial charge in [-0.25, -0.2) is 0 Å². The molecule has 1 saturated heterocycles. The molecule has 0 bridgehead atoms. The Labute approximate surface area is 177 Å². The number of hydrogen-bond acceptors (Lipinski definition) is 8. The molecule has 0 saturated carbocycles. The SMILES string of the molecule is Cc1sc(C(=O)N2CCN(C(C)c3nc(-c4ccccc4)no3)CC2)cc1[N+](=O)[O-]. The van der Waals surface area contributed by atoms with Gasteiger partial charge in [0.2, 0.25) is 11.7 Å². The van der Waals surface area contributed by atoms with Crippen molar-refractivity contribution < 1.29 is 14.2 Å². The summed E-state index contributed by atoms with van der Waals surface area (Å²) in [6.07, 6.45) is 0. The lowest BCUT2D eigenvalue weighted by Gasteiger charge is -2.36. The Morgan fingerprint density at radius 1 is 1.23 bits per heavy atom. The fourth-order valence-electron chi connectivity index (χ4n) is 3.49. The molecule has 4 rings (SSSR count). The highest BCUT2D eigenvalue weighted by atomic mass is 32.1. The van der Waals surface area contributed by atoms with Crippen molar-refractivity contribution in [3.63, 3.8) is 0 Å². The average molecular weight is 427 g/mol. The molecule has 0 N–H and O–H groups in total. The molecule has 1 unspecified atom stereocenters. The van der Waals surface area contributed by atoms with E-state index in [2.05, 4.69) is 15.0 Å². The summed E-state index contributed by atoms with van der Waals surface area (Å²) in [5.74, 6) is 0.937. The molecule has 0 aliphatic carbocycles. The van der Waals surface area contributed by atoms with E-state index in [9.17, 15) is 14.9 Å². The number of carbonyl (C=O) groups is 1. The average Bonchev–Trinajstić information content (AvgIpc) is 3.41. The Kier molecular flexibility index (Phi) is 5.60. The maximum absolute atomic E-state index is 12.7. The van der Waals surface area contributed by atoms with Gasteiger partial charge < -0.3 is 9.42 Å². The van der Waals surface area contributed by atoms with Crippen molar-refractivity contribution in [3.05, 3.63) is 62.2 Å². The van der Waals surface area contributed by atoms with Gasteiger partial charge in [0.15, 0.2) is 0 Å². The monoisotopic (exact) mass is 427 g/mol. The minimum absolute atomic E-state index is 0.00113. The summed E-state index contributed by atoms with van der Waals surface area (Å²) in [5.41, 5.74) is 0.900. The molecule has 156 valence electrons. The van der Waals surface area contributed by atoms with Crippen molar-refractivity contribution in [2.75, 3.05) is 26.2 Å². The van der Waals surface area contributed by atoms with E-state index in [1.54, 1.807) is 11.8 Å². The van der Waals surface area contributed by atoms with Crippen LogP contribution in [0.2, 0.25) is 0 Å². The predicted molar refractivity (Wildman–Crippen MR) is 111 cm³/mol. The van der Waals surface area contributed by atoms with Gasteiger partial charge in [-0.1, -0.05) is 35.5 Å². The van der Waals surface area contributed by atoms with Crippen LogP contribution < -0.4 is 0 Å². The quantitative estimate of drug-likeness (QED) is 0.453. The van der Waals surface area contributed by atoms with E-state index in [-0.39, 0.29) is 17.6 Å². The lowest BCUT2D eigenvalue weighted by atomic mass is 10.2. The van der Waals surface area contributed by atoms with Crippen LogP contribution in [0.4, 0.5) is 5.69 Å². The first kappa shape index (κ1) is 20.2. The van der Waals surface area contributed by atoms with Crippen LogP contribution >= 0.6 is 11.3 Å². The number of carbonyl (C=O) groups excluding carboxylic acids is 1. The van der Waals surface area contributed by atoms with Gasteiger partial charge in [-0.05, 0) is 13.8 Å². The molecule has 1 fully saturated rings. The van der Waals surface area contributed by atoms with E-state index in [4.69, 9.17) is 4.52 Å². The van der Waals surface area contributed by atoms with Gasteiger partial charge >= 0.3 is 0 Å². The molecular formula is C20H21N5O4S. The molecule has 9 nitrogen and oxygen atoms in total. The summed E-state index contributed by atoms with van der Waals surface area (Å²) in [5, 5.41) is 15.1. The standard InChI is InChI=1S/C20H21N5O4S/c1-13(19-21-18(22-29-19)15-6-4-3-5-7-15)23-8-10-24(11-9-23)20(26)17-12-16(25(27)28)14(2)30-17/h3-7,12-13H,8-11H2,1-2H3. The first-order chi connectivity index (χ1) is 14.4. The van der Waals surface area contributed by atoms with Gasteiger partial charge in [0, 0.05) is 37.8 Å². The lowest BCUT2D eigenvalue weighted by Crippen LogP contribution is -2.49. The number of aryl methyl sites for hydroxylation is 1. The van der Waals surface area contributed by atoms with E-state index < -0.39 is 4.92 Å². The molecule has 2 aromatic heterocycles. The third-order valence-corrected chi connectivity index (χ3v) is 6.31. The predicted octanol–water partition coefficient (Wildman–Crippen LogP) is 3.53. The van der Waals surface area contributed by atoms with E-state index in [0.29, 0.717) is 47.6 Å². The van der Waals surface area contributed by atoms with Gasteiger partial charge in [0.1, 0.15) is 0 Å². The van der Waals surface area contributed by atoms with Crippen LogP contribution in [0.15, 0.2) is 40.9 Å². The minimum atomic E-state index is -0.448. The minimum Gasteiger partial charge on any atom is -0.337 e. The van der Waals surface area contributed by atoms with Gasteiger partial charge in [-0.3, -0.25) is 19.8 Å². The Hall–Kier alpha value is -3.11. The molecular weight excluding hydrogens is 406 g/mol. The number of aromatic nitrogens is 2. The van der Waals surface area contributed by atoms with Crippen LogP contribution in [0.25, 0.3) is 11.4 Å². The topological polar surface area (TPSA) is 106 Å². The van der Waals surface area contributed by atoms with Crippen LogP contribution in [0.3, 0.4) is 0 Å². The summed E-state index contributed by atoms with van der Waals surface area (Å²) < 4.78 is 5.47. The summed E-state index contributed by atoms with van der Waals surface area (Å²) in [6, 6.07) is 11.0. The Bertz CT molecular complexity index is 1060. The first-order valence-electron chi connectivity index (χ1n) is 9.61. The van der Waals surface area contributed by atoms with Gasteiger partial charge in [-0.15, -0.1) is 11.3 Å². The highest BCUT2D eigenvalue weighted by molar-refractivity contribution is 7.14. The fourth-order valence-corrected chi connectivity index (χ4v) is 4.45. The summed E-state index contributed by atoms with van der Waals surface area (Å²) in [7, 11) is 0. The first-order valence-corrected chi connectivity index (χ1v) is 10.4. The second-order valence-electron chi connectivity index (χ2n) is 7.14. The maximum Gasteiger partial charge on any atom is 0.283 e. The summed E-state index contributed by atoms with van der Waals surface area (Å²) in [6.45, 7) is 6.05. The van der Waals surface area contributed by atoms with Crippen LogP contribution in [-0.2, 0) is 0 Å². The summed E-state index contributed by atoms with van der Waals surface area (Å²) in [4.78, 5) is 32.7. The zero-order valence-corrected chi connectivity index (χ0v) is 17.5. The molecule has 30 heavy (non-hydrogen) atoms. The van der Waals surface area contributed by atoms with Gasteiger partial charge in [-0.2, -0.15) is 4.98 Å². The molecule has 3 heterocycles. The second kappa shape index (κ2) is 8.33. The van der Waals surface area contributed by atoms with Gasteiger partial charge in [0.05, 0.1) is 20.7 Å². The normalized spacial score (nSPS) is 15.9. The zero-order valence-electron chi connectivity index (χ0n) is 16.6. The Morgan fingerprint density at radius 3 is 2.57 bits per heavy atom. The molecule has 1 atom stereocenters. The van der Waals surface area contributed by atoms with Crippen molar-refractivity contribution >= 4 is 22.9 Å². The Morgan fingerprint density at radius 2 is 1.93 bits per heavy atom. The smallest absolute Gasteiger partial charge is 0.283 e. The number of rotatable bonds is 5. The van der Waals surface area contributed by atoms with Crippen LogP contribution in [0, 0.1) is 17.0 Å². The molecule has 1 aliphatic rings. The highest BCUT2D eigenvalue weighted by Crippen LogP contribution is 2.30. The maximum atomic E-state index is 12.7. The molecule has 3 aromatic rings. The van der Waals surface area contributed by atoms with E-state index >= 15 is 0 Å². The van der Waals surface area contributed by atoms with E-state index in [0.717, 1.165) is 5.56 Å². The number of piperazine rings is 1. The molecule has 10 heteroatoms. The van der Waals surface area contributed by atoms with Crippen LogP contribution in [0.1, 0.15) is 33.4 Å². The third-order valence-electron chi connectivity index (χ3n) is 5.28. The van der Waals surface area contributed by atoms with Crippen molar-refractivity contribution in [2.45, 2.75) is 19.9 Å². The van der Waals surface area contributed by atoms with Crippen molar-refractivity contribution in [1.29, 1.82) is 0 Å². The number of nitrogens with zero attached hydrogens (tertiary/aromatic N) is 5. The lowest BCUT2D eigenvalue weighted by molar-refractivity contribution is -0.385. The molecule has 1 aromatic carbocycles. The van der Waals surface area contributed by atoms with Crippen molar-refractivity contribution in [2.24, 2.45) is 0 Å². The third kappa shape index (κ3) is 3.96. The molecule has 0 radical (unpaired) electrons. The van der Waals surface area contributed by atoms with Crippen LogP contribution in [0.5, 0.6) is 0 Å². The van der Waals surface area contributed by atoms with Crippen LogP contribution in [-0.4, -0.2) is 56.9 Å². The van der Waals surface area contributed by atoms with E-state index in [1.165, 1.54) is 17.4 Å². The number of nitro groups is 1. The fraction of sp³-hybridized carbons (Fsp3) is 0.350. The largest absolute Gasteiger partial charge is 0.337 e. The van der Waals surface area contributed by atoms with Gasteiger partial charge in [0.25, 0.3) is 11.6 Å². The van der Waals surface area contributed by atoms with E-state index in [1.807, 2.05) is 37.3 Å². The molecule has 1 amide bonds. The highest BCUT2D eigenvalue weighted by Gasteiger charge is 2.30. The number of thiophene rings is 1. The second-order valence-corrected chi connectivity index (χ2v) is 8.39. The number of amides is 1. The molecule has 1 aliphatic heterocycles. The molecule has 0 spiro atoms. The number of hydrogen-bond donors (Lipinski definition) is 0.